The number of alkyl halides is 3. The first-order valence-corrected chi connectivity index (χ1v) is 11.0. The van der Waals surface area contributed by atoms with Gasteiger partial charge in [-0.25, -0.2) is 4.68 Å². The Morgan fingerprint density at radius 3 is 2.83 bits per heavy atom. The molecule has 0 radical (unpaired) electrons. The number of para-hydroxylation sites is 1. The van der Waals surface area contributed by atoms with Gasteiger partial charge in [0, 0.05) is 31.6 Å². The second-order valence-electron chi connectivity index (χ2n) is 7.78. The highest BCUT2D eigenvalue weighted by Crippen LogP contribution is 2.39. The minimum atomic E-state index is -2.87. The number of hydrogen-bond donors (Lipinski definition) is 1. The molecule has 10 heteroatoms. The molecule has 2 aromatic rings. The predicted octanol–water partition coefficient (Wildman–Crippen LogP) is 2.97. The molecule has 1 N–H and O–H groups in total. The minimum absolute atomic E-state index is 0.0254. The van der Waals surface area contributed by atoms with Crippen LogP contribution in [0.3, 0.4) is 0 Å². The Labute approximate surface area is 186 Å². The molecule has 2 amide bonds. The summed E-state index contributed by atoms with van der Waals surface area (Å²) in [5.74, 6) is -1.64. The van der Waals surface area contributed by atoms with E-state index < -0.39 is 21.8 Å². The van der Waals surface area contributed by atoms with Gasteiger partial charge in [-0.15, -0.1) is 5.10 Å². The third kappa shape index (κ3) is 4.06. The van der Waals surface area contributed by atoms with E-state index in [1.807, 2.05) is 24.3 Å². The van der Waals surface area contributed by atoms with Gasteiger partial charge in [-0.1, -0.05) is 23.4 Å². The maximum Gasteiger partial charge on any atom is 0.299 e. The standard InChI is InChI=1S/C20H22F2IN5O2/c1-27-15-8-3-2-5-12(15)6-4-7-14(19(27)30)24-18(29)17-16-11-13(20(21,22)23)9-10-28(16)26-25-17/h2-3,5,8,13-14H,4,6-7,9-11H2,1H3,(H,24,29)/t13?,14-/m0/s1. The van der Waals surface area contributed by atoms with E-state index in [9.17, 15) is 18.4 Å². The van der Waals surface area contributed by atoms with Crippen LogP contribution < -0.4 is 10.2 Å². The molecule has 0 saturated heterocycles. The van der Waals surface area contributed by atoms with Crippen LogP contribution in [0.4, 0.5) is 14.5 Å². The average molecular weight is 529 g/mol. The van der Waals surface area contributed by atoms with Crippen molar-refractivity contribution in [2.45, 2.75) is 48.6 Å². The number of likely N-dealkylation sites (N-methyl/N-ethyl adjacent to an activating group) is 1. The zero-order valence-corrected chi connectivity index (χ0v) is 18.6. The largest absolute Gasteiger partial charge is 0.339 e. The number of aryl methyl sites for hydroxylation is 2. The third-order valence-corrected chi connectivity index (χ3v) is 6.75. The molecule has 7 nitrogen and oxygen atoms in total. The second-order valence-corrected chi connectivity index (χ2v) is 9.22. The van der Waals surface area contributed by atoms with Crippen molar-refractivity contribution in [2.24, 2.45) is 5.92 Å². The minimum Gasteiger partial charge on any atom is -0.339 e. The van der Waals surface area contributed by atoms with E-state index in [1.54, 1.807) is 11.9 Å². The number of aromatic nitrogens is 3. The van der Waals surface area contributed by atoms with Crippen molar-refractivity contribution in [3.63, 3.8) is 0 Å². The van der Waals surface area contributed by atoms with E-state index in [-0.39, 0.29) is 24.4 Å². The molecule has 160 valence electrons. The van der Waals surface area contributed by atoms with E-state index >= 15 is 0 Å². The summed E-state index contributed by atoms with van der Waals surface area (Å²) >= 11 is 1.15. The van der Waals surface area contributed by atoms with Crippen molar-refractivity contribution in [1.29, 1.82) is 0 Å². The van der Waals surface area contributed by atoms with Gasteiger partial charge in [0.25, 0.3) is 9.84 Å². The summed E-state index contributed by atoms with van der Waals surface area (Å²) in [6, 6.07) is 7.00. The number of halogens is 3. The van der Waals surface area contributed by atoms with Crippen molar-refractivity contribution in [3.05, 3.63) is 41.2 Å². The molecule has 0 fully saturated rings. The lowest BCUT2D eigenvalue weighted by molar-refractivity contribution is -0.120. The van der Waals surface area contributed by atoms with Crippen LogP contribution in [0.25, 0.3) is 0 Å². The van der Waals surface area contributed by atoms with Gasteiger partial charge < -0.3 is 10.2 Å². The van der Waals surface area contributed by atoms with E-state index in [4.69, 9.17) is 0 Å². The van der Waals surface area contributed by atoms with Gasteiger partial charge >= 0.3 is 0 Å². The summed E-state index contributed by atoms with van der Waals surface area (Å²) < 4.78 is 26.2. The van der Waals surface area contributed by atoms with E-state index in [2.05, 4.69) is 15.6 Å². The van der Waals surface area contributed by atoms with Crippen LogP contribution >= 0.6 is 22.6 Å². The maximum atomic E-state index is 13.8. The second kappa shape index (κ2) is 8.20. The number of hydrogen-bond acceptors (Lipinski definition) is 4. The summed E-state index contributed by atoms with van der Waals surface area (Å²) in [5.41, 5.74) is 2.35. The van der Waals surface area contributed by atoms with Gasteiger partial charge in [-0.2, -0.15) is 8.78 Å². The lowest BCUT2D eigenvalue weighted by atomic mass is 9.95. The Balaban J connectivity index is 1.53. The number of benzene rings is 1. The number of anilines is 1. The fourth-order valence-corrected chi connectivity index (χ4v) is 4.70. The molecule has 0 saturated carbocycles. The van der Waals surface area contributed by atoms with Gasteiger partial charge in [0.15, 0.2) is 5.69 Å². The van der Waals surface area contributed by atoms with E-state index in [1.165, 1.54) is 4.68 Å². The van der Waals surface area contributed by atoms with Gasteiger partial charge in [0.1, 0.15) is 6.04 Å². The van der Waals surface area contributed by atoms with Crippen molar-refractivity contribution < 1.29 is 18.4 Å². The summed E-state index contributed by atoms with van der Waals surface area (Å²) in [5, 5.41) is 10.6. The maximum absolute atomic E-state index is 13.8. The van der Waals surface area contributed by atoms with Crippen LogP contribution in [0, 0.1) is 5.92 Å². The van der Waals surface area contributed by atoms with Crippen molar-refractivity contribution >= 4 is 40.1 Å². The monoisotopic (exact) mass is 529 g/mol. The molecule has 1 aromatic heterocycles. The average Bonchev–Trinajstić information content (AvgIpc) is 3.14. The van der Waals surface area contributed by atoms with Crippen LogP contribution in [0.2, 0.25) is 0 Å². The highest BCUT2D eigenvalue weighted by Gasteiger charge is 2.41. The van der Waals surface area contributed by atoms with Gasteiger partial charge in [-0.3, -0.25) is 9.59 Å². The van der Waals surface area contributed by atoms with Gasteiger partial charge in [-0.05, 0) is 59.9 Å². The molecular weight excluding hydrogens is 507 g/mol. The zero-order valence-electron chi connectivity index (χ0n) is 16.4. The Morgan fingerprint density at radius 1 is 1.30 bits per heavy atom. The van der Waals surface area contributed by atoms with Crippen LogP contribution in [0.1, 0.15) is 41.0 Å². The van der Waals surface area contributed by atoms with Crippen LogP contribution in [-0.4, -0.2) is 43.8 Å². The number of fused-ring (bicyclic) bond motifs is 2. The van der Waals surface area contributed by atoms with Crippen molar-refractivity contribution in [2.75, 3.05) is 11.9 Å². The van der Waals surface area contributed by atoms with E-state index in [0.717, 1.165) is 46.7 Å². The van der Waals surface area contributed by atoms with Crippen LogP contribution in [0.15, 0.2) is 24.3 Å². The predicted molar refractivity (Wildman–Crippen MR) is 115 cm³/mol. The fraction of sp³-hybridized carbons (Fsp3) is 0.500. The van der Waals surface area contributed by atoms with E-state index in [0.29, 0.717) is 18.7 Å². The molecule has 1 unspecified atom stereocenters. The summed E-state index contributed by atoms with van der Waals surface area (Å²) in [6.07, 6.45) is 2.33. The molecule has 0 aliphatic carbocycles. The van der Waals surface area contributed by atoms with Gasteiger partial charge in [0.05, 0.1) is 5.69 Å². The highest BCUT2D eigenvalue weighted by atomic mass is 127. The summed E-state index contributed by atoms with van der Waals surface area (Å²) in [6.45, 7) is 0.292. The molecular formula is C20H22F2IN5O2. The molecule has 2 aliphatic rings. The molecule has 2 atom stereocenters. The topological polar surface area (TPSA) is 80.1 Å². The SMILES string of the molecule is CN1C(=O)[C@@H](NC(=O)c2nnn3c2CC(C(F)(F)I)CC3)CCCc2ccccc21. The highest BCUT2D eigenvalue weighted by molar-refractivity contribution is 14.1. The normalized spacial score (nSPS) is 22.0. The molecule has 3 heterocycles. The Kier molecular flexibility index (Phi) is 5.78. The molecule has 0 spiro atoms. The third-order valence-electron chi connectivity index (χ3n) is 5.87. The summed E-state index contributed by atoms with van der Waals surface area (Å²) in [4.78, 5) is 27.5. The van der Waals surface area contributed by atoms with Crippen molar-refractivity contribution in [3.8, 4) is 0 Å². The lowest BCUT2D eigenvalue weighted by Crippen LogP contribution is -2.48. The number of amides is 2. The Morgan fingerprint density at radius 2 is 2.07 bits per heavy atom. The van der Waals surface area contributed by atoms with Crippen molar-refractivity contribution in [1.82, 2.24) is 20.3 Å². The Bertz CT molecular complexity index is 974. The van der Waals surface area contributed by atoms with Crippen LogP contribution in [-0.2, 0) is 24.2 Å². The molecule has 0 bridgehead atoms. The Hall–Kier alpha value is -2.11. The molecule has 30 heavy (non-hydrogen) atoms. The number of carbonyl (C=O) groups is 2. The first-order chi connectivity index (χ1) is 14.3. The number of nitrogens with one attached hydrogen (secondary N) is 1. The lowest BCUT2D eigenvalue weighted by Gasteiger charge is -2.29. The molecule has 4 rings (SSSR count). The smallest absolute Gasteiger partial charge is 0.299 e. The first kappa shape index (κ1) is 21.1. The summed E-state index contributed by atoms with van der Waals surface area (Å²) in [7, 11) is 1.69. The number of rotatable bonds is 3. The molecule has 1 aromatic carbocycles. The number of carbonyl (C=O) groups excluding carboxylic acids is 2. The first-order valence-electron chi connectivity index (χ1n) is 9.91. The zero-order chi connectivity index (χ0) is 21.5. The van der Waals surface area contributed by atoms with Gasteiger partial charge in [0.2, 0.25) is 5.91 Å². The molecule has 2 aliphatic heterocycles. The fourth-order valence-electron chi connectivity index (χ4n) is 4.17. The van der Waals surface area contributed by atoms with Crippen LogP contribution in [0.5, 0.6) is 0 Å². The quantitative estimate of drug-likeness (QED) is 0.490. The number of nitrogens with zero attached hydrogens (tertiary/aromatic N) is 4.